The van der Waals surface area contributed by atoms with Crippen LogP contribution < -0.4 is 5.32 Å². The molecule has 3 heteroatoms. The van der Waals surface area contributed by atoms with Crippen molar-refractivity contribution in [2.75, 3.05) is 11.5 Å². The molecule has 1 fully saturated rings. The van der Waals surface area contributed by atoms with Crippen LogP contribution in [0.1, 0.15) is 37.8 Å². The maximum atomic E-state index is 12.9. The topological polar surface area (TPSA) is 12.0 Å². The number of thioether (sulfide) groups is 1. The molecule has 0 aliphatic carbocycles. The van der Waals surface area contributed by atoms with Gasteiger partial charge in [-0.05, 0) is 48.5 Å². The molecule has 1 aromatic rings. The molecular formula is C14H20FNS. The maximum Gasteiger partial charge on any atom is 0.123 e. The van der Waals surface area contributed by atoms with E-state index in [9.17, 15) is 4.39 Å². The Kier molecular flexibility index (Phi) is 4.86. The Morgan fingerprint density at radius 1 is 1.29 bits per heavy atom. The van der Waals surface area contributed by atoms with E-state index in [0.717, 1.165) is 6.42 Å². The van der Waals surface area contributed by atoms with Crippen LogP contribution in [0.3, 0.4) is 0 Å². The Balaban J connectivity index is 1.97. The molecule has 0 saturated carbocycles. The summed E-state index contributed by atoms with van der Waals surface area (Å²) in [4.78, 5) is 0. The summed E-state index contributed by atoms with van der Waals surface area (Å²) in [6.45, 7) is 2.18. The van der Waals surface area contributed by atoms with Gasteiger partial charge in [0.1, 0.15) is 5.82 Å². The second-order valence-electron chi connectivity index (χ2n) is 4.57. The van der Waals surface area contributed by atoms with Gasteiger partial charge in [0, 0.05) is 12.1 Å². The third kappa shape index (κ3) is 3.71. The molecule has 0 spiro atoms. The smallest absolute Gasteiger partial charge is 0.123 e. The number of hydrogen-bond acceptors (Lipinski definition) is 2. The van der Waals surface area contributed by atoms with Gasteiger partial charge in [-0.25, -0.2) is 4.39 Å². The van der Waals surface area contributed by atoms with E-state index in [-0.39, 0.29) is 5.82 Å². The lowest BCUT2D eigenvalue weighted by Crippen LogP contribution is -2.35. The monoisotopic (exact) mass is 253 g/mol. The van der Waals surface area contributed by atoms with Crippen molar-refractivity contribution in [3.63, 3.8) is 0 Å². The fourth-order valence-corrected chi connectivity index (χ4v) is 3.40. The first kappa shape index (κ1) is 12.9. The summed E-state index contributed by atoms with van der Waals surface area (Å²) < 4.78 is 12.9. The molecule has 1 aliphatic heterocycles. The van der Waals surface area contributed by atoms with Crippen molar-refractivity contribution in [2.24, 2.45) is 0 Å². The first-order valence-electron chi connectivity index (χ1n) is 6.39. The van der Waals surface area contributed by atoms with E-state index < -0.39 is 0 Å². The molecule has 1 unspecified atom stereocenters. The molecule has 1 saturated heterocycles. The van der Waals surface area contributed by atoms with E-state index in [2.05, 4.69) is 12.2 Å². The molecular weight excluding hydrogens is 233 g/mol. The highest BCUT2D eigenvalue weighted by molar-refractivity contribution is 7.99. The minimum absolute atomic E-state index is 0.155. The van der Waals surface area contributed by atoms with E-state index in [1.807, 2.05) is 23.9 Å². The summed E-state index contributed by atoms with van der Waals surface area (Å²) in [5.74, 6) is 2.37. The summed E-state index contributed by atoms with van der Waals surface area (Å²) in [5.41, 5.74) is 1.20. The highest BCUT2D eigenvalue weighted by atomic mass is 32.2. The average molecular weight is 253 g/mol. The molecule has 1 aromatic carbocycles. The number of hydrogen-bond donors (Lipinski definition) is 1. The van der Waals surface area contributed by atoms with Crippen molar-refractivity contribution in [3.8, 4) is 0 Å². The van der Waals surface area contributed by atoms with Crippen LogP contribution in [0.4, 0.5) is 4.39 Å². The molecule has 94 valence electrons. The average Bonchev–Trinajstić information content (AvgIpc) is 2.38. The zero-order chi connectivity index (χ0) is 12.1. The quantitative estimate of drug-likeness (QED) is 0.877. The standard InChI is InChI=1S/C14H20FNS/c1-2-14(11-3-5-12(15)6-4-11)16-13-7-9-17-10-8-13/h3-6,13-14,16H,2,7-10H2,1H3. The fraction of sp³-hybridized carbons (Fsp3) is 0.571. The Morgan fingerprint density at radius 2 is 1.94 bits per heavy atom. The van der Waals surface area contributed by atoms with Crippen LogP contribution in [0.5, 0.6) is 0 Å². The Hall–Kier alpha value is -0.540. The van der Waals surface area contributed by atoms with Crippen LogP contribution in [0, 0.1) is 5.82 Å². The molecule has 1 N–H and O–H groups in total. The van der Waals surface area contributed by atoms with Gasteiger partial charge in [0.25, 0.3) is 0 Å². The van der Waals surface area contributed by atoms with E-state index in [1.165, 1.54) is 29.9 Å². The number of halogens is 1. The first-order valence-corrected chi connectivity index (χ1v) is 7.54. The molecule has 1 aliphatic rings. The summed E-state index contributed by atoms with van der Waals surface area (Å²) >= 11 is 2.04. The lowest BCUT2D eigenvalue weighted by atomic mass is 10.0. The van der Waals surface area contributed by atoms with Crippen LogP contribution in [-0.4, -0.2) is 17.5 Å². The molecule has 0 radical (unpaired) electrons. The van der Waals surface area contributed by atoms with E-state index in [1.54, 1.807) is 12.1 Å². The van der Waals surface area contributed by atoms with Gasteiger partial charge in [-0.3, -0.25) is 0 Å². The third-order valence-electron chi connectivity index (χ3n) is 3.34. The van der Waals surface area contributed by atoms with Gasteiger partial charge in [0.05, 0.1) is 0 Å². The minimum Gasteiger partial charge on any atom is -0.307 e. The predicted octanol–water partition coefficient (Wildman–Crippen LogP) is 3.76. The molecule has 2 rings (SSSR count). The minimum atomic E-state index is -0.155. The van der Waals surface area contributed by atoms with Crippen LogP contribution in [-0.2, 0) is 0 Å². The lowest BCUT2D eigenvalue weighted by molar-refractivity contribution is 0.405. The third-order valence-corrected chi connectivity index (χ3v) is 4.39. The summed E-state index contributed by atoms with van der Waals surface area (Å²) in [5, 5.41) is 3.71. The second-order valence-corrected chi connectivity index (χ2v) is 5.79. The van der Waals surface area contributed by atoms with Gasteiger partial charge in [0.2, 0.25) is 0 Å². The van der Waals surface area contributed by atoms with Gasteiger partial charge in [-0.15, -0.1) is 0 Å². The van der Waals surface area contributed by atoms with E-state index >= 15 is 0 Å². The molecule has 0 aromatic heterocycles. The highest BCUT2D eigenvalue weighted by Gasteiger charge is 2.18. The van der Waals surface area contributed by atoms with Crippen LogP contribution in [0.25, 0.3) is 0 Å². The van der Waals surface area contributed by atoms with Crippen molar-refractivity contribution in [2.45, 2.75) is 38.3 Å². The van der Waals surface area contributed by atoms with Crippen molar-refractivity contribution < 1.29 is 4.39 Å². The van der Waals surface area contributed by atoms with Gasteiger partial charge >= 0.3 is 0 Å². The Labute approximate surface area is 107 Å². The van der Waals surface area contributed by atoms with Gasteiger partial charge < -0.3 is 5.32 Å². The summed E-state index contributed by atoms with van der Waals surface area (Å²) in [7, 11) is 0. The Morgan fingerprint density at radius 3 is 2.53 bits per heavy atom. The maximum absolute atomic E-state index is 12.9. The van der Waals surface area contributed by atoms with Crippen molar-refractivity contribution >= 4 is 11.8 Å². The molecule has 0 amide bonds. The molecule has 0 bridgehead atoms. The van der Waals surface area contributed by atoms with Crippen molar-refractivity contribution in [3.05, 3.63) is 35.6 Å². The molecule has 17 heavy (non-hydrogen) atoms. The van der Waals surface area contributed by atoms with Crippen LogP contribution >= 0.6 is 11.8 Å². The number of rotatable bonds is 4. The summed E-state index contributed by atoms with van der Waals surface area (Å²) in [6, 6.07) is 7.89. The zero-order valence-electron chi connectivity index (χ0n) is 10.3. The molecule has 1 heterocycles. The lowest BCUT2D eigenvalue weighted by Gasteiger charge is -2.28. The van der Waals surface area contributed by atoms with Crippen molar-refractivity contribution in [1.29, 1.82) is 0 Å². The van der Waals surface area contributed by atoms with E-state index in [4.69, 9.17) is 0 Å². The predicted molar refractivity (Wildman–Crippen MR) is 72.9 cm³/mol. The number of nitrogens with one attached hydrogen (secondary N) is 1. The Bertz CT molecular complexity index is 333. The van der Waals surface area contributed by atoms with Crippen LogP contribution in [0.2, 0.25) is 0 Å². The largest absolute Gasteiger partial charge is 0.307 e. The zero-order valence-corrected chi connectivity index (χ0v) is 11.1. The van der Waals surface area contributed by atoms with E-state index in [0.29, 0.717) is 12.1 Å². The highest BCUT2D eigenvalue weighted by Crippen LogP contribution is 2.23. The van der Waals surface area contributed by atoms with Gasteiger partial charge in [-0.2, -0.15) is 11.8 Å². The molecule has 1 nitrogen and oxygen atoms in total. The van der Waals surface area contributed by atoms with Crippen LogP contribution in [0.15, 0.2) is 24.3 Å². The molecule has 1 atom stereocenters. The first-order chi connectivity index (χ1) is 8.29. The fourth-order valence-electron chi connectivity index (χ4n) is 2.29. The van der Waals surface area contributed by atoms with Gasteiger partial charge in [-0.1, -0.05) is 19.1 Å². The van der Waals surface area contributed by atoms with Crippen molar-refractivity contribution in [1.82, 2.24) is 5.32 Å². The SMILES string of the molecule is CCC(NC1CCSCC1)c1ccc(F)cc1. The summed E-state index contributed by atoms with van der Waals surface area (Å²) in [6.07, 6.45) is 3.56. The number of benzene rings is 1. The van der Waals surface area contributed by atoms with Gasteiger partial charge in [0.15, 0.2) is 0 Å². The normalized spacial score (nSPS) is 19.2. The second kappa shape index (κ2) is 6.41.